The van der Waals surface area contributed by atoms with E-state index < -0.39 is 0 Å². The average molecular weight is 728 g/mol. The minimum absolute atomic E-state index is 0.619. The molecule has 2 heterocycles. The fourth-order valence-corrected chi connectivity index (χ4v) is 8.08. The van der Waals surface area contributed by atoms with Gasteiger partial charge in [-0.15, -0.1) is 0 Å². The second kappa shape index (κ2) is 13.6. The molecule has 0 radical (unpaired) electrons. The van der Waals surface area contributed by atoms with Crippen LogP contribution in [0.1, 0.15) is 0 Å². The van der Waals surface area contributed by atoms with Gasteiger partial charge < -0.3 is 4.42 Å². The molecule has 0 saturated heterocycles. The molecule has 0 unspecified atom stereocenters. The minimum Gasteiger partial charge on any atom is -0.455 e. The molecule has 11 aromatic rings. The molecule has 57 heavy (non-hydrogen) atoms. The Kier molecular flexibility index (Phi) is 7.78. The number of hydrogen-bond donors (Lipinski definition) is 0. The van der Waals surface area contributed by atoms with Crippen LogP contribution < -0.4 is 0 Å². The van der Waals surface area contributed by atoms with Crippen molar-refractivity contribution in [3.8, 4) is 67.5 Å². The van der Waals surface area contributed by atoms with Crippen LogP contribution in [0.2, 0.25) is 0 Å². The van der Waals surface area contributed by atoms with Gasteiger partial charge in [-0.2, -0.15) is 0 Å². The molecule has 0 amide bonds. The van der Waals surface area contributed by atoms with Crippen molar-refractivity contribution in [3.05, 3.63) is 200 Å². The summed E-state index contributed by atoms with van der Waals surface area (Å²) in [5, 5.41) is 6.65. The second-order valence-corrected chi connectivity index (χ2v) is 14.4. The Balaban J connectivity index is 1.07. The second-order valence-electron chi connectivity index (χ2n) is 14.4. The number of rotatable bonds is 6. The van der Waals surface area contributed by atoms with E-state index in [1.165, 1.54) is 22.1 Å². The highest BCUT2D eigenvalue weighted by Crippen LogP contribution is 2.42. The predicted octanol–water partition coefficient (Wildman–Crippen LogP) is 14.1. The third kappa shape index (κ3) is 5.83. The molecule has 0 aliphatic rings. The Hall–Kier alpha value is -7.69. The van der Waals surface area contributed by atoms with Crippen LogP contribution in [0.15, 0.2) is 205 Å². The van der Waals surface area contributed by atoms with Gasteiger partial charge in [0.25, 0.3) is 0 Å². The van der Waals surface area contributed by atoms with Gasteiger partial charge in [0.2, 0.25) is 0 Å². The lowest BCUT2D eigenvalue weighted by molar-refractivity contribution is 0.673. The van der Waals surface area contributed by atoms with Gasteiger partial charge in [-0.05, 0) is 79.9 Å². The summed E-state index contributed by atoms with van der Waals surface area (Å²) >= 11 is 0. The van der Waals surface area contributed by atoms with Crippen molar-refractivity contribution in [2.75, 3.05) is 0 Å². The Morgan fingerprint density at radius 3 is 1.53 bits per heavy atom. The van der Waals surface area contributed by atoms with Crippen LogP contribution in [0.3, 0.4) is 0 Å². The summed E-state index contributed by atoms with van der Waals surface area (Å²) < 4.78 is 6.75. The molecule has 0 fully saturated rings. The van der Waals surface area contributed by atoms with Crippen molar-refractivity contribution in [1.82, 2.24) is 15.0 Å². The minimum atomic E-state index is 0.619. The number of hydrogen-bond acceptors (Lipinski definition) is 4. The first-order valence-electron chi connectivity index (χ1n) is 19.2. The standard InChI is InChI=1S/C53H33N3O/c1-4-14-34(15-5-1)35-24-26-38(27-25-35)52-54-51(37-18-8-3-9-19-37)55-53(56-52)48-31-41(30-40-20-10-11-21-42(40)48)39-28-29-44-47-33-46(36-16-6-2-7-17-36)43-22-12-13-23-45(43)50(47)57-49(44)32-39/h1-33H. The maximum atomic E-state index is 6.75. The first-order valence-corrected chi connectivity index (χ1v) is 19.2. The van der Waals surface area contributed by atoms with E-state index in [1.54, 1.807) is 0 Å². The summed E-state index contributed by atoms with van der Waals surface area (Å²) in [7, 11) is 0. The van der Waals surface area contributed by atoms with E-state index in [4.69, 9.17) is 19.4 Å². The third-order valence-corrected chi connectivity index (χ3v) is 10.9. The molecule has 0 aliphatic carbocycles. The average Bonchev–Trinajstić information content (AvgIpc) is 3.67. The molecule has 0 bridgehead atoms. The number of benzene rings is 9. The zero-order valence-corrected chi connectivity index (χ0v) is 30.8. The zero-order chi connectivity index (χ0) is 37.7. The molecule has 0 N–H and O–H groups in total. The molecule has 4 heteroatoms. The summed E-state index contributed by atoms with van der Waals surface area (Å²) in [5.74, 6) is 1.87. The van der Waals surface area contributed by atoms with Gasteiger partial charge in [0.1, 0.15) is 11.2 Å². The molecule has 0 atom stereocenters. The smallest absolute Gasteiger partial charge is 0.164 e. The van der Waals surface area contributed by atoms with Crippen LogP contribution >= 0.6 is 0 Å². The monoisotopic (exact) mass is 727 g/mol. The molecule has 0 saturated carbocycles. The lowest BCUT2D eigenvalue weighted by atomic mass is 9.94. The number of nitrogens with zero attached hydrogens (tertiary/aromatic N) is 3. The topological polar surface area (TPSA) is 51.8 Å². The van der Waals surface area contributed by atoms with Crippen molar-refractivity contribution in [3.63, 3.8) is 0 Å². The van der Waals surface area contributed by atoms with E-state index in [9.17, 15) is 0 Å². The molecule has 2 aromatic heterocycles. The van der Waals surface area contributed by atoms with Crippen molar-refractivity contribution in [2.45, 2.75) is 0 Å². The fraction of sp³-hybridized carbons (Fsp3) is 0. The van der Waals surface area contributed by atoms with E-state index in [0.29, 0.717) is 17.5 Å². The highest BCUT2D eigenvalue weighted by molar-refractivity contribution is 6.19. The van der Waals surface area contributed by atoms with Crippen LogP contribution in [0.25, 0.3) is 111 Å². The molecule has 11 rings (SSSR count). The van der Waals surface area contributed by atoms with Crippen molar-refractivity contribution >= 4 is 43.5 Å². The van der Waals surface area contributed by atoms with Gasteiger partial charge >= 0.3 is 0 Å². The number of furan rings is 1. The first-order chi connectivity index (χ1) is 28.2. The van der Waals surface area contributed by atoms with Gasteiger partial charge in [0, 0.05) is 32.8 Å². The van der Waals surface area contributed by atoms with Crippen LogP contribution in [0.5, 0.6) is 0 Å². The molecular weight excluding hydrogens is 695 g/mol. The summed E-state index contributed by atoms with van der Waals surface area (Å²) in [6, 6.07) is 69.9. The maximum Gasteiger partial charge on any atom is 0.164 e. The van der Waals surface area contributed by atoms with Gasteiger partial charge in [-0.25, -0.2) is 15.0 Å². The zero-order valence-electron chi connectivity index (χ0n) is 30.8. The van der Waals surface area contributed by atoms with Gasteiger partial charge in [-0.3, -0.25) is 0 Å². The van der Waals surface area contributed by atoms with Gasteiger partial charge in [0.05, 0.1) is 0 Å². The Bertz CT molecular complexity index is 3260. The van der Waals surface area contributed by atoms with Crippen LogP contribution in [-0.4, -0.2) is 15.0 Å². The quantitative estimate of drug-likeness (QED) is 0.171. The van der Waals surface area contributed by atoms with E-state index in [0.717, 1.165) is 71.5 Å². The van der Waals surface area contributed by atoms with Crippen LogP contribution in [0, 0.1) is 0 Å². The van der Waals surface area contributed by atoms with Crippen LogP contribution in [-0.2, 0) is 0 Å². The van der Waals surface area contributed by atoms with Gasteiger partial charge in [0.15, 0.2) is 17.5 Å². The fourth-order valence-electron chi connectivity index (χ4n) is 8.08. The van der Waals surface area contributed by atoms with Crippen LogP contribution in [0.4, 0.5) is 0 Å². The molecule has 4 nitrogen and oxygen atoms in total. The number of fused-ring (bicyclic) bond motifs is 6. The van der Waals surface area contributed by atoms with E-state index >= 15 is 0 Å². The maximum absolute atomic E-state index is 6.75. The third-order valence-electron chi connectivity index (χ3n) is 10.9. The lowest BCUT2D eigenvalue weighted by Gasteiger charge is -2.13. The number of aromatic nitrogens is 3. The summed E-state index contributed by atoms with van der Waals surface area (Å²) in [4.78, 5) is 15.4. The molecule has 9 aromatic carbocycles. The Morgan fingerprint density at radius 1 is 0.281 bits per heavy atom. The highest BCUT2D eigenvalue weighted by Gasteiger charge is 2.18. The van der Waals surface area contributed by atoms with E-state index in [2.05, 4.69) is 164 Å². The van der Waals surface area contributed by atoms with Crippen molar-refractivity contribution < 1.29 is 4.42 Å². The molecule has 0 aliphatic heterocycles. The lowest BCUT2D eigenvalue weighted by Crippen LogP contribution is -2.01. The predicted molar refractivity (Wildman–Crippen MR) is 235 cm³/mol. The normalized spacial score (nSPS) is 11.5. The Morgan fingerprint density at radius 2 is 0.807 bits per heavy atom. The largest absolute Gasteiger partial charge is 0.455 e. The summed E-state index contributed by atoms with van der Waals surface area (Å²) in [5.41, 5.74) is 11.3. The summed E-state index contributed by atoms with van der Waals surface area (Å²) in [6.07, 6.45) is 0. The molecule has 266 valence electrons. The van der Waals surface area contributed by atoms with Crippen molar-refractivity contribution in [2.24, 2.45) is 0 Å². The van der Waals surface area contributed by atoms with E-state index in [1.807, 2.05) is 36.4 Å². The van der Waals surface area contributed by atoms with Gasteiger partial charge in [-0.1, -0.05) is 170 Å². The van der Waals surface area contributed by atoms with E-state index in [-0.39, 0.29) is 0 Å². The highest BCUT2D eigenvalue weighted by atomic mass is 16.3. The molecule has 0 spiro atoms. The molecular formula is C53H33N3O. The first kappa shape index (κ1) is 32.7. The Labute approximate surface area is 329 Å². The summed E-state index contributed by atoms with van der Waals surface area (Å²) in [6.45, 7) is 0. The van der Waals surface area contributed by atoms with Crippen molar-refractivity contribution in [1.29, 1.82) is 0 Å². The SMILES string of the molecule is c1ccc(-c2ccc(-c3nc(-c4ccccc4)nc(-c4cc(-c5ccc6c(c5)oc5c7ccccc7c(-c7ccccc7)cc65)cc5ccccc45)n3)cc2)cc1.